The number of anilines is 1. The van der Waals surface area contributed by atoms with Crippen molar-refractivity contribution in [1.82, 2.24) is 9.55 Å². The third kappa shape index (κ3) is 6.68. The Hall–Kier alpha value is -2.64. The van der Waals surface area contributed by atoms with Gasteiger partial charge >= 0.3 is 0 Å². The van der Waals surface area contributed by atoms with Gasteiger partial charge in [0.1, 0.15) is 0 Å². The van der Waals surface area contributed by atoms with Gasteiger partial charge < -0.3 is 5.32 Å². The van der Waals surface area contributed by atoms with Crippen molar-refractivity contribution < 1.29 is 9.59 Å². The number of carbonyl (C=O) groups excluding carboxylic acids is 2. The van der Waals surface area contributed by atoms with Crippen LogP contribution in [0.5, 0.6) is 0 Å². The van der Waals surface area contributed by atoms with E-state index in [0.29, 0.717) is 51.2 Å². The maximum absolute atomic E-state index is 13.1. The first kappa shape index (κ1) is 25.0. The number of hydrogen-bond donors (Lipinski definition) is 1. The molecule has 0 fully saturated rings. The van der Waals surface area contributed by atoms with Gasteiger partial charge in [-0.05, 0) is 61.2 Å². The molecule has 1 heterocycles. The van der Waals surface area contributed by atoms with Gasteiger partial charge in [-0.3, -0.25) is 19.0 Å². The van der Waals surface area contributed by atoms with E-state index < -0.39 is 0 Å². The maximum Gasteiger partial charge on any atom is 0.262 e. The van der Waals surface area contributed by atoms with Crippen molar-refractivity contribution >= 4 is 51.6 Å². The molecule has 0 atom stereocenters. The first-order valence-corrected chi connectivity index (χ1v) is 12.4. The summed E-state index contributed by atoms with van der Waals surface area (Å²) < 4.78 is 1.65. The van der Waals surface area contributed by atoms with E-state index in [1.54, 1.807) is 47.0 Å². The highest BCUT2D eigenvalue weighted by atomic mass is 35.5. The molecule has 0 saturated carbocycles. The highest BCUT2D eigenvalue weighted by Gasteiger charge is 2.15. The van der Waals surface area contributed by atoms with Crippen LogP contribution in [0.2, 0.25) is 5.02 Å². The van der Waals surface area contributed by atoms with Crippen molar-refractivity contribution in [2.45, 2.75) is 51.7 Å². The molecule has 0 aliphatic rings. The number of amides is 1. The van der Waals surface area contributed by atoms with Gasteiger partial charge in [-0.1, -0.05) is 44.1 Å². The summed E-state index contributed by atoms with van der Waals surface area (Å²) in [5.74, 6) is 0.437. The minimum atomic E-state index is -0.126. The molecular formula is C25H28ClN3O3S. The average molecular weight is 486 g/mol. The number of hydrogen-bond acceptors (Lipinski definition) is 5. The first-order chi connectivity index (χ1) is 15.8. The molecule has 33 heavy (non-hydrogen) atoms. The van der Waals surface area contributed by atoms with Gasteiger partial charge in [-0.2, -0.15) is 0 Å². The second-order valence-electron chi connectivity index (χ2n) is 8.28. The van der Waals surface area contributed by atoms with Crippen LogP contribution in [0.4, 0.5) is 5.69 Å². The molecule has 1 N–H and O–H groups in total. The molecular weight excluding hydrogens is 458 g/mol. The molecule has 174 valence electrons. The Kier molecular flexibility index (Phi) is 8.69. The number of thioether (sulfide) groups is 1. The first-order valence-electron chi connectivity index (χ1n) is 11.0. The Bertz CT molecular complexity index is 1210. The molecule has 1 amide bonds. The predicted octanol–water partition coefficient (Wildman–Crippen LogP) is 5.81. The fourth-order valence-corrected chi connectivity index (χ4v) is 4.36. The van der Waals surface area contributed by atoms with Gasteiger partial charge in [-0.25, -0.2) is 4.98 Å². The summed E-state index contributed by atoms with van der Waals surface area (Å²) in [5, 5.41) is 4.34. The number of nitrogens with one attached hydrogen (secondary N) is 1. The van der Waals surface area contributed by atoms with E-state index in [9.17, 15) is 14.4 Å². The molecule has 0 aliphatic heterocycles. The molecule has 8 heteroatoms. The second-order valence-corrected chi connectivity index (χ2v) is 9.66. The number of aromatic nitrogens is 2. The fourth-order valence-electron chi connectivity index (χ4n) is 3.27. The van der Waals surface area contributed by atoms with Gasteiger partial charge in [0.05, 0.1) is 16.7 Å². The Balaban J connectivity index is 1.79. The zero-order valence-electron chi connectivity index (χ0n) is 19.1. The van der Waals surface area contributed by atoms with Crippen molar-refractivity contribution in [3.8, 4) is 0 Å². The van der Waals surface area contributed by atoms with Crippen LogP contribution >= 0.6 is 23.4 Å². The smallest absolute Gasteiger partial charge is 0.262 e. The van der Waals surface area contributed by atoms with Crippen molar-refractivity contribution in [3.63, 3.8) is 0 Å². The Morgan fingerprint density at radius 2 is 1.88 bits per heavy atom. The fraction of sp³-hybridized carbons (Fsp3) is 0.360. The average Bonchev–Trinajstić information content (AvgIpc) is 2.77. The molecule has 0 saturated heterocycles. The highest BCUT2D eigenvalue weighted by molar-refractivity contribution is 7.99. The maximum atomic E-state index is 13.1. The molecule has 6 nitrogen and oxygen atoms in total. The van der Waals surface area contributed by atoms with E-state index in [-0.39, 0.29) is 23.0 Å². The number of ketones is 1. The van der Waals surface area contributed by atoms with Crippen LogP contribution in [0.25, 0.3) is 10.9 Å². The molecule has 1 aromatic heterocycles. The van der Waals surface area contributed by atoms with Crippen LogP contribution in [0.3, 0.4) is 0 Å². The lowest BCUT2D eigenvalue weighted by Crippen LogP contribution is -2.24. The van der Waals surface area contributed by atoms with Crippen molar-refractivity contribution in [2.24, 2.45) is 5.92 Å². The number of Topliss-reactive ketones (excluding diaryl/α,β-unsaturated/α-hetero) is 1. The van der Waals surface area contributed by atoms with E-state index in [1.807, 2.05) is 6.92 Å². The molecule has 0 bridgehead atoms. The minimum absolute atomic E-state index is 0.0472. The number of halogens is 1. The van der Waals surface area contributed by atoms with Crippen LogP contribution in [-0.2, 0) is 11.3 Å². The van der Waals surface area contributed by atoms with Crippen molar-refractivity contribution in [1.29, 1.82) is 0 Å². The molecule has 0 radical (unpaired) electrons. The quantitative estimate of drug-likeness (QED) is 0.222. The molecule has 0 unspecified atom stereocenters. The number of nitrogens with zero attached hydrogens (tertiary/aromatic N) is 2. The van der Waals surface area contributed by atoms with Gasteiger partial charge in [0.15, 0.2) is 10.9 Å². The van der Waals surface area contributed by atoms with Gasteiger partial charge in [-0.15, -0.1) is 0 Å². The lowest BCUT2D eigenvalue weighted by Gasteiger charge is -2.14. The third-order valence-electron chi connectivity index (χ3n) is 5.11. The SMILES string of the molecule is CCCC(=O)Nc1ccc(C(=O)CSc2nc3cc(Cl)ccc3c(=O)n2CCC(C)C)cc1. The zero-order chi connectivity index (χ0) is 24.0. The lowest BCUT2D eigenvalue weighted by atomic mass is 10.1. The Labute approximate surface area is 202 Å². The monoisotopic (exact) mass is 485 g/mol. The van der Waals surface area contributed by atoms with Crippen molar-refractivity contribution in [2.75, 3.05) is 11.1 Å². The summed E-state index contributed by atoms with van der Waals surface area (Å²) in [5.41, 5.74) is 1.60. The number of benzene rings is 2. The predicted molar refractivity (Wildman–Crippen MR) is 136 cm³/mol. The van der Waals surface area contributed by atoms with Gasteiger partial charge in [0.2, 0.25) is 5.91 Å². The Morgan fingerprint density at radius 1 is 1.15 bits per heavy atom. The summed E-state index contributed by atoms with van der Waals surface area (Å²) in [7, 11) is 0. The standard InChI is InChI=1S/C25H28ClN3O3S/c1-4-5-23(31)27-19-9-6-17(7-10-19)22(30)15-33-25-28-21-14-18(26)8-11-20(21)24(32)29(25)13-12-16(2)3/h6-11,14,16H,4-5,12-13,15H2,1-3H3,(H,27,31). The van der Waals surface area contributed by atoms with E-state index in [0.717, 1.165) is 12.8 Å². The van der Waals surface area contributed by atoms with E-state index in [4.69, 9.17) is 11.6 Å². The van der Waals surface area contributed by atoms with Gasteiger partial charge in [0, 0.05) is 29.2 Å². The van der Waals surface area contributed by atoms with E-state index in [1.165, 1.54) is 11.8 Å². The highest BCUT2D eigenvalue weighted by Crippen LogP contribution is 2.22. The lowest BCUT2D eigenvalue weighted by molar-refractivity contribution is -0.116. The van der Waals surface area contributed by atoms with Crippen LogP contribution in [-0.4, -0.2) is 27.0 Å². The van der Waals surface area contributed by atoms with Gasteiger partial charge in [0.25, 0.3) is 5.56 Å². The van der Waals surface area contributed by atoms with Crippen LogP contribution in [0, 0.1) is 5.92 Å². The van der Waals surface area contributed by atoms with E-state index >= 15 is 0 Å². The minimum Gasteiger partial charge on any atom is -0.326 e. The topological polar surface area (TPSA) is 81.1 Å². The molecule has 3 rings (SSSR count). The molecule has 3 aromatic rings. The summed E-state index contributed by atoms with van der Waals surface area (Å²) in [4.78, 5) is 42.3. The number of carbonyl (C=O) groups is 2. The number of rotatable bonds is 10. The summed E-state index contributed by atoms with van der Waals surface area (Å²) in [6, 6.07) is 11.9. The van der Waals surface area contributed by atoms with Crippen LogP contribution < -0.4 is 10.9 Å². The zero-order valence-corrected chi connectivity index (χ0v) is 20.6. The van der Waals surface area contributed by atoms with Crippen molar-refractivity contribution in [3.05, 3.63) is 63.4 Å². The molecule has 2 aromatic carbocycles. The number of fused-ring (bicyclic) bond motifs is 1. The molecule has 0 aliphatic carbocycles. The summed E-state index contributed by atoms with van der Waals surface area (Å²) in [6.07, 6.45) is 2.06. The third-order valence-corrected chi connectivity index (χ3v) is 6.32. The summed E-state index contributed by atoms with van der Waals surface area (Å²) >= 11 is 7.35. The van der Waals surface area contributed by atoms with Crippen LogP contribution in [0.1, 0.15) is 50.4 Å². The second kappa shape index (κ2) is 11.5. The van der Waals surface area contributed by atoms with Crippen LogP contribution in [0.15, 0.2) is 52.4 Å². The Morgan fingerprint density at radius 3 is 2.55 bits per heavy atom. The largest absolute Gasteiger partial charge is 0.326 e. The normalized spacial score (nSPS) is 11.2. The molecule has 0 spiro atoms. The summed E-state index contributed by atoms with van der Waals surface area (Å²) in [6.45, 7) is 6.68. The van der Waals surface area contributed by atoms with E-state index in [2.05, 4.69) is 24.1 Å².